The van der Waals surface area contributed by atoms with Crippen LogP contribution < -0.4 is 5.73 Å². The fourth-order valence-electron chi connectivity index (χ4n) is 1.80. The van der Waals surface area contributed by atoms with Gasteiger partial charge in [0.2, 0.25) is 0 Å². The lowest BCUT2D eigenvalue weighted by Crippen LogP contribution is -2.18. The van der Waals surface area contributed by atoms with Gasteiger partial charge >= 0.3 is 6.18 Å². The summed E-state index contributed by atoms with van der Waals surface area (Å²) < 4.78 is 40.1. The standard InChI is InChI=1S/C13H17ClF3NO/c14-12-5-1-3-10(7-12)11(8-18)4-2-6-19-9-13(15,16)17/h1,3,5,7,11H,2,4,6,8-9,18H2. The zero-order valence-electron chi connectivity index (χ0n) is 10.4. The average Bonchev–Trinajstić information content (AvgIpc) is 2.32. The quantitative estimate of drug-likeness (QED) is 0.778. The van der Waals surface area contributed by atoms with E-state index >= 15 is 0 Å². The molecule has 0 aromatic heterocycles. The molecule has 1 aromatic rings. The smallest absolute Gasteiger partial charge is 0.372 e. The van der Waals surface area contributed by atoms with Crippen molar-refractivity contribution < 1.29 is 17.9 Å². The number of alkyl halides is 3. The topological polar surface area (TPSA) is 35.2 Å². The maximum Gasteiger partial charge on any atom is 0.411 e. The van der Waals surface area contributed by atoms with Gasteiger partial charge in [-0.2, -0.15) is 13.2 Å². The molecule has 2 nitrogen and oxygen atoms in total. The van der Waals surface area contributed by atoms with Gasteiger partial charge in [0, 0.05) is 11.6 Å². The molecule has 1 unspecified atom stereocenters. The first-order valence-electron chi connectivity index (χ1n) is 6.02. The molecular formula is C13H17ClF3NO. The van der Waals surface area contributed by atoms with E-state index in [1.807, 2.05) is 18.2 Å². The molecule has 0 saturated carbocycles. The van der Waals surface area contributed by atoms with Crippen molar-refractivity contribution in [1.29, 1.82) is 0 Å². The van der Waals surface area contributed by atoms with Crippen LogP contribution in [-0.2, 0) is 4.74 Å². The second-order valence-corrected chi connectivity index (χ2v) is 4.73. The first-order valence-corrected chi connectivity index (χ1v) is 6.40. The van der Waals surface area contributed by atoms with Crippen molar-refractivity contribution in [2.45, 2.75) is 24.9 Å². The highest BCUT2D eigenvalue weighted by atomic mass is 35.5. The molecule has 1 rings (SSSR count). The lowest BCUT2D eigenvalue weighted by molar-refractivity contribution is -0.174. The van der Waals surface area contributed by atoms with Gasteiger partial charge in [-0.05, 0) is 43.0 Å². The van der Waals surface area contributed by atoms with E-state index in [0.717, 1.165) is 5.56 Å². The number of hydrogen-bond donors (Lipinski definition) is 1. The van der Waals surface area contributed by atoms with Gasteiger partial charge in [-0.3, -0.25) is 0 Å². The lowest BCUT2D eigenvalue weighted by atomic mass is 9.94. The van der Waals surface area contributed by atoms with Gasteiger partial charge in [0.25, 0.3) is 0 Å². The van der Waals surface area contributed by atoms with Crippen molar-refractivity contribution in [3.05, 3.63) is 34.9 Å². The van der Waals surface area contributed by atoms with Crippen LogP contribution in [0.2, 0.25) is 5.02 Å². The van der Waals surface area contributed by atoms with Crippen LogP contribution in [0.15, 0.2) is 24.3 Å². The van der Waals surface area contributed by atoms with Gasteiger partial charge in [-0.1, -0.05) is 23.7 Å². The van der Waals surface area contributed by atoms with E-state index in [4.69, 9.17) is 17.3 Å². The molecule has 0 aliphatic heterocycles. The van der Waals surface area contributed by atoms with Crippen LogP contribution in [-0.4, -0.2) is 25.9 Å². The molecule has 6 heteroatoms. The van der Waals surface area contributed by atoms with Gasteiger partial charge in [-0.15, -0.1) is 0 Å². The first-order chi connectivity index (χ1) is 8.92. The number of benzene rings is 1. The molecule has 0 spiro atoms. The summed E-state index contributed by atoms with van der Waals surface area (Å²) >= 11 is 5.89. The van der Waals surface area contributed by atoms with Gasteiger partial charge in [0.05, 0.1) is 0 Å². The number of halogens is 4. The Morgan fingerprint density at radius 2 is 2.05 bits per heavy atom. The molecule has 0 heterocycles. The summed E-state index contributed by atoms with van der Waals surface area (Å²) in [7, 11) is 0. The van der Waals surface area contributed by atoms with Crippen molar-refractivity contribution in [3.8, 4) is 0 Å². The molecule has 2 N–H and O–H groups in total. The van der Waals surface area contributed by atoms with E-state index in [-0.39, 0.29) is 12.5 Å². The second kappa shape index (κ2) is 7.72. The number of hydrogen-bond acceptors (Lipinski definition) is 2. The molecule has 0 saturated heterocycles. The van der Waals surface area contributed by atoms with E-state index in [0.29, 0.717) is 24.4 Å². The maximum atomic E-state index is 11.9. The minimum atomic E-state index is -4.26. The SMILES string of the molecule is NCC(CCCOCC(F)(F)F)c1cccc(Cl)c1. The molecule has 1 atom stereocenters. The predicted molar refractivity (Wildman–Crippen MR) is 69.4 cm³/mol. The number of ether oxygens (including phenoxy) is 1. The van der Waals surface area contributed by atoms with E-state index in [1.54, 1.807) is 6.07 Å². The Bertz CT molecular complexity index is 384. The highest BCUT2D eigenvalue weighted by molar-refractivity contribution is 6.30. The largest absolute Gasteiger partial charge is 0.411 e. The Balaban J connectivity index is 2.34. The van der Waals surface area contributed by atoms with Crippen molar-refractivity contribution >= 4 is 11.6 Å². The van der Waals surface area contributed by atoms with Gasteiger partial charge in [-0.25, -0.2) is 0 Å². The van der Waals surface area contributed by atoms with Crippen molar-refractivity contribution in [3.63, 3.8) is 0 Å². The fourth-order valence-corrected chi connectivity index (χ4v) is 2.00. The molecule has 0 aliphatic carbocycles. The summed E-state index contributed by atoms with van der Waals surface area (Å²) in [5.41, 5.74) is 6.68. The Kier molecular flexibility index (Phi) is 6.62. The van der Waals surface area contributed by atoms with Crippen LogP contribution >= 0.6 is 11.6 Å². The predicted octanol–water partition coefficient (Wildman–Crippen LogP) is 3.74. The summed E-state index contributed by atoms with van der Waals surface area (Å²) in [4.78, 5) is 0. The van der Waals surface area contributed by atoms with Crippen LogP contribution in [0.1, 0.15) is 24.3 Å². The third kappa shape index (κ3) is 6.80. The lowest BCUT2D eigenvalue weighted by Gasteiger charge is -2.15. The fraction of sp³-hybridized carbons (Fsp3) is 0.538. The molecule has 19 heavy (non-hydrogen) atoms. The molecule has 0 fully saturated rings. The molecular weight excluding hydrogens is 279 g/mol. The minimum absolute atomic E-state index is 0.0799. The summed E-state index contributed by atoms with van der Waals surface area (Å²) in [5.74, 6) is 0.0909. The Morgan fingerprint density at radius 3 is 2.63 bits per heavy atom. The van der Waals surface area contributed by atoms with Crippen LogP contribution in [0.25, 0.3) is 0 Å². The molecule has 0 amide bonds. The van der Waals surface area contributed by atoms with Gasteiger partial charge in [0.1, 0.15) is 6.61 Å². The van der Waals surface area contributed by atoms with E-state index in [1.165, 1.54) is 0 Å². The van der Waals surface area contributed by atoms with Crippen LogP contribution in [0, 0.1) is 0 Å². The normalized spacial score (nSPS) is 13.5. The highest BCUT2D eigenvalue weighted by Crippen LogP contribution is 2.23. The van der Waals surface area contributed by atoms with Crippen molar-refractivity contribution in [1.82, 2.24) is 0 Å². The monoisotopic (exact) mass is 295 g/mol. The maximum absolute atomic E-state index is 11.9. The number of nitrogens with two attached hydrogens (primary N) is 1. The second-order valence-electron chi connectivity index (χ2n) is 4.30. The summed E-state index contributed by atoms with van der Waals surface area (Å²) in [6.07, 6.45) is -3.06. The van der Waals surface area contributed by atoms with Crippen LogP contribution in [0.3, 0.4) is 0 Å². The van der Waals surface area contributed by atoms with Gasteiger partial charge in [0.15, 0.2) is 0 Å². The van der Waals surface area contributed by atoms with Crippen LogP contribution in [0.4, 0.5) is 13.2 Å². The highest BCUT2D eigenvalue weighted by Gasteiger charge is 2.27. The van der Waals surface area contributed by atoms with Crippen LogP contribution in [0.5, 0.6) is 0 Å². The van der Waals surface area contributed by atoms with Crippen molar-refractivity contribution in [2.75, 3.05) is 19.8 Å². The molecule has 0 bridgehead atoms. The Labute approximate surface area is 115 Å². The van der Waals surface area contributed by atoms with E-state index < -0.39 is 12.8 Å². The third-order valence-corrected chi connectivity index (χ3v) is 2.95. The third-order valence-electron chi connectivity index (χ3n) is 2.71. The summed E-state index contributed by atoms with van der Waals surface area (Å²) in [6, 6.07) is 7.35. The van der Waals surface area contributed by atoms with Gasteiger partial charge < -0.3 is 10.5 Å². The summed E-state index contributed by atoms with van der Waals surface area (Å²) in [6.45, 7) is -0.687. The zero-order valence-corrected chi connectivity index (χ0v) is 11.2. The molecule has 0 radical (unpaired) electrons. The zero-order chi connectivity index (χ0) is 14.3. The summed E-state index contributed by atoms with van der Waals surface area (Å²) in [5, 5.41) is 0.629. The van der Waals surface area contributed by atoms with E-state index in [9.17, 15) is 13.2 Å². The van der Waals surface area contributed by atoms with E-state index in [2.05, 4.69) is 4.74 Å². The first kappa shape index (κ1) is 16.3. The Morgan fingerprint density at radius 1 is 1.32 bits per heavy atom. The molecule has 1 aromatic carbocycles. The number of rotatable bonds is 7. The minimum Gasteiger partial charge on any atom is -0.372 e. The average molecular weight is 296 g/mol. The molecule has 108 valence electrons. The Hall–Kier alpha value is -0.780. The molecule has 0 aliphatic rings. The van der Waals surface area contributed by atoms with Crippen molar-refractivity contribution in [2.24, 2.45) is 5.73 Å².